The minimum absolute atomic E-state index is 0.0720. The van der Waals surface area contributed by atoms with Crippen LogP contribution in [0.5, 0.6) is 5.75 Å². The number of hydrogen-bond acceptors (Lipinski definition) is 3. The highest BCUT2D eigenvalue weighted by atomic mass is 35.5. The Balaban J connectivity index is 1.58. The van der Waals surface area contributed by atoms with Crippen molar-refractivity contribution in [2.75, 3.05) is 31.1 Å². The third-order valence-electron chi connectivity index (χ3n) is 5.02. The van der Waals surface area contributed by atoms with Gasteiger partial charge in [0.1, 0.15) is 5.75 Å². The zero-order chi connectivity index (χ0) is 19.2. The molecule has 3 rings (SSSR count). The Labute approximate surface area is 166 Å². The summed E-state index contributed by atoms with van der Waals surface area (Å²) in [6.45, 7) is 7.10. The van der Waals surface area contributed by atoms with Gasteiger partial charge in [0, 0.05) is 36.9 Å². The van der Waals surface area contributed by atoms with Crippen molar-refractivity contribution in [3.8, 4) is 5.75 Å². The number of aryl methyl sites for hydroxylation is 1. The highest BCUT2D eigenvalue weighted by Gasteiger charge is 2.28. The van der Waals surface area contributed by atoms with Crippen LogP contribution in [0.4, 0.5) is 5.69 Å². The molecule has 2 aromatic rings. The summed E-state index contributed by atoms with van der Waals surface area (Å²) in [6, 6.07) is 15.9. The molecule has 2 aromatic carbocycles. The summed E-state index contributed by atoms with van der Waals surface area (Å²) in [7, 11) is 0. The first-order valence-electron chi connectivity index (χ1n) is 9.65. The average Bonchev–Trinajstić information content (AvgIpc) is 2.72. The SMILES string of the molecule is CCc1ccc(O[C@@H](CC)C(=O)N2CCN(c3cccc(Cl)c3)CC2)cc1. The van der Waals surface area contributed by atoms with E-state index in [4.69, 9.17) is 16.3 Å². The molecular weight excluding hydrogens is 360 g/mol. The Bertz CT molecular complexity index is 755. The van der Waals surface area contributed by atoms with Gasteiger partial charge in [0.2, 0.25) is 0 Å². The molecule has 0 saturated carbocycles. The molecule has 144 valence electrons. The first-order valence-corrected chi connectivity index (χ1v) is 10.0. The minimum atomic E-state index is -0.435. The van der Waals surface area contributed by atoms with Crippen molar-refractivity contribution in [3.05, 3.63) is 59.1 Å². The quantitative estimate of drug-likeness (QED) is 0.737. The lowest BCUT2D eigenvalue weighted by molar-refractivity contribution is -0.139. The van der Waals surface area contributed by atoms with Crippen LogP contribution < -0.4 is 9.64 Å². The second-order valence-electron chi connectivity index (χ2n) is 6.80. The number of nitrogens with zero attached hydrogens (tertiary/aromatic N) is 2. The number of carbonyl (C=O) groups is 1. The first-order chi connectivity index (χ1) is 13.1. The summed E-state index contributed by atoms with van der Waals surface area (Å²) in [4.78, 5) is 17.1. The van der Waals surface area contributed by atoms with Crippen LogP contribution in [-0.2, 0) is 11.2 Å². The van der Waals surface area contributed by atoms with Crippen molar-refractivity contribution in [2.24, 2.45) is 0 Å². The van der Waals surface area contributed by atoms with Crippen LogP contribution in [0.3, 0.4) is 0 Å². The Morgan fingerprint density at radius 3 is 2.37 bits per heavy atom. The maximum atomic E-state index is 12.9. The lowest BCUT2D eigenvalue weighted by Crippen LogP contribution is -2.52. The van der Waals surface area contributed by atoms with E-state index in [9.17, 15) is 4.79 Å². The van der Waals surface area contributed by atoms with Crippen LogP contribution in [0.25, 0.3) is 0 Å². The Morgan fingerprint density at radius 2 is 1.78 bits per heavy atom. The fourth-order valence-corrected chi connectivity index (χ4v) is 3.52. The van der Waals surface area contributed by atoms with Crippen molar-refractivity contribution in [3.63, 3.8) is 0 Å². The molecule has 27 heavy (non-hydrogen) atoms. The Hall–Kier alpha value is -2.20. The highest BCUT2D eigenvalue weighted by Crippen LogP contribution is 2.22. The number of halogens is 1. The van der Waals surface area contributed by atoms with Gasteiger partial charge in [0.05, 0.1) is 0 Å². The summed E-state index contributed by atoms with van der Waals surface area (Å²) in [5, 5.41) is 0.736. The van der Waals surface area contributed by atoms with Gasteiger partial charge in [0.25, 0.3) is 5.91 Å². The van der Waals surface area contributed by atoms with E-state index in [0.29, 0.717) is 19.5 Å². The molecule has 1 fully saturated rings. The van der Waals surface area contributed by atoms with E-state index in [1.54, 1.807) is 0 Å². The van der Waals surface area contributed by atoms with E-state index >= 15 is 0 Å². The van der Waals surface area contributed by atoms with E-state index in [1.807, 2.05) is 42.2 Å². The van der Waals surface area contributed by atoms with E-state index in [1.165, 1.54) is 5.56 Å². The molecule has 4 nitrogen and oxygen atoms in total. The van der Waals surface area contributed by atoms with Gasteiger partial charge in [-0.2, -0.15) is 0 Å². The third-order valence-corrected chi connectivity index (χ3v) is 5.26. The normalized spacial score (nSPS) is 15.5. The largest absolute Gasteiger partial charge is 0.481 e. The topological polar surface area (TPSA) is 32.8 Å². The van der Waals surface area contributed by atoms with E-state index in [0.717, 1.165) is 36.0 Å². The predicted octanol–water partition coefficient (Wildman–Crippen LogP) is 4.41. The summed E-state index contributed by atoms with van der Waals surface area (Å²) >= 11 is 6.09. The van der Waals surface area contributed by atoms with Crippen LogP contribution in [0.1, 0.15) is 25.8 Å². The summed E-state index contributed by atoms with van der Waals surface area (Å²) in [5.74, 6) is 0.827. The number of ether oxygens (including phenoxy) is 1. The van der Waals surface area contributed by atoms with Crippen LogP contribution in [0.15, 0.2) is 48.5 Å². The monoisotopic (exact) mass is 386 g/mol. The number of carbonyl (C=O) groups excluding carboxylic acids is 1. The Morgan fingerprint density at radius 1 is 1.07 bits per heavy atom. The van der Waals surface area contributed by atoms with Crippen LogP contribution in [-0.4, -0.2) is 43.1 Å². The maximum Gasteiger partial charge on any atom is 0.263 e. The van der Waals surface area contributed by atoms with Crippen LogP contribution in [0, 0.1) is 0 Å². The number of anilines is 1. The number of hydrogen-bond donors (Lipinski definition) is 0. The lowest BCUT2D eigenvalue weighted by Gasteiger charge is -2.37. The van der Waals surface area contributed by atoms with Gasteiger partial charge in [-0.15, -0.1) is 0 Å². The van der Waals surface area contributed by atoms with Gasteiger partial charge in [-0.25, -0.2) is 0 Å². The standard InChI is InChI=1S/C22H27ClN2O2/c1-3-17-8-10-20(11-9-17)27-21(4-2)22(26)25-14-12-24(13-15-25)19-7-5-6-18(23)16-19/h5-11,16,21H,3-4,12-15H2,1-2H3/t21-/m0/s1. The fraction of sp³-hybridized carbons (Fsp3) is 0.409. The number of rotatable bonds is 6. The van der Waals surface area contributed by atoms with Gasteiger partial charge >= 0.3 is 0 Å². The smallest absolute Gasteiger partial charge is 0.263 e. The molecule has 0 bridgehead atoms. The highest BCUT2D eigenvalue weighted by molar-refractivity contribution is 6.30. The van der Waals surface area contributed by atoms with Crippen LogP contribution in [0.2, 0.25) is 5.02 Å². The molecular formula is C22H27ClN2O2. The number of amides is 1. The molecule has 1 amide bonds. The summed E-state index contributed by atoms with van der Waals surface area (Å²) in [6.07, 6.45) is 1.21. The van der Waals surface area contributed by atoms with Crippen molar-refractivity contribution < 1.29 is 9.53 Å². The molecule has 0 spiro atoms. The van der Waals surface area contributed by atoms with Crippen molar-refractivity contribution >= 4 is 23.2 Å². The van der Waals surface area contributed by atoms with Gasteiger partial charge in [-0.05, 0) is 48.7 Å². The fourth-order valence-electron chi connectivity index (χ4n) is 3.34. The number of piperazine rings is 1. The molecule has 0 unspecified atom stereocenters. The van der Waals surface area contributed by atoms with Gasteiger partial charge in [0.15, 0.2) is 6.10 Å². The van der Waals surface area contributed by atoms with Crippen molar-refractivity contribution in [1.82, 2.24) is 4.90 Å². The molecule has 0 N–H and O–H groups in total. The average molecular weight is 387 g/mol. The maximum absolute atomic E-state index is 12.9. The molecule has 5 heteroatoms. The lowest BCUT2D eigenvalue weighted by atomic mass is 10.1. The van der Waals surface area contributed by atoms with Crippen molar-refractivity contribution in [2.45, 2.75) is 32.8 Å². The Kier molecular flexibility index (Phi) is 6.62. The molecule has 1 heterocycles. The summed E-state index contributed by atoms with van der Waals surface area (Å²) < 4.78 is 5.98. The van der Waals surface area contributed by atoms with Gasteiger partial charge in [-0.3, -0.25) is 4.79 Å². The van der Waals surface area contributed by atoms with E-state index in [-0.39, 0.29) is 5.91 Å². The second kappa shape index (κ2) is 9.14. The zero-order valence-electron chi connectivity index (χ0n) is 16.0. The minimum Gasteiger partial charge on any atom is -0.481 e. The molecule has 1 aliphatic heterocycles. The molecule has 0 aliphatic carbocycles. The molecule has 0 aromatic heterocycles. The molecule has 1 saturated heterocycles. The second-order valence-corrected chi connectivity index (χ2v) is 7.24. The summed E-state index contributed by atoms with van der Waals surface area (Å²) in [5.41, 5.74) is 2.37. The van der Waals surface area contributed by atoms with E-state index in [2.05, 4.69) is 30.0 Å². The van der Waals surface area contributed by atoms with Crippen LogP contribution >= 0.6 is 11.6 Å². The molecule has 0 radical (unpaired) electrons. The third kappa shape index (κ3) is 4.95. The van der Waals surface area contributed by atoms with Gasteiger partial charge < -0.3 is 14.5 Å². The predicted molar refractivity (Wildman–Crippen MR) is 111 cm³/mol. The molecule has 1 aliphatic rings. The van der Waals surface area contributed by atoms with E-state index < -0.39 is 6.10 Å². The zero-order valence-corrected chi connectivity index (χ0v) is 16.8. The van der Waals surface area contributed by atoms with Crippen molar-refractivity contribution in [1.29, 1.82) is 0 Å². The van der Waals surface area contributed by atoms with Gasteiger partial charge in [-0.1, -0.05) is 43.6 Å². The first kappa shape index (κ1) is 19.6. The number of benzene rings is 2. The molecule has 1 atom stereocenters.